The van der Waals surface area contributed by atoms with E-state index in [-0.39, 0.29) is 24.0 Å². The third-order valence-electron chi connectivity index (χ3n) is 4.80. The summed E-state index contributed by atoms with van der Waals surface area (Å²) in [5, 5.41) is 6.66. The summed E-state index contributed by atoms with van der Waals surface area (Å²) in [5.74, 6) is 2.57. The van der Waals surface area contributed by atoms with Gasteiger partial charge >= 0.3 is 0 Å². The second-order valence-corrected chi connectivity index (χ2v) is 6.67. The Morgan fingerprint density at radius 3 is 2.39 bits per heavy atom. The number of guanidine groups is 1. The van der Waals surface area contributed by atoms with Crippen LogP contribution in [0, 0.1) is 0 Å². The summed E-state index contributed by atoms with van der Waals surface area (Å²) in [7, 11) is 6.57. The van der Waals surface area contributed by atoms with Gasteiger partial charge in [0.15, 0.2) is 17.5 Å². The average molecular weight is 539 g/mol. The topological polar surface area (TPSA) is 81.9 Å². The SMILES string of the molecule is CN=C(NCCCn1cnc2ccccc21)NCc1cc(OC)c(OC)c(OC)c1.I. The molecule has 168 valence electrons. The van der Waals surface area contributed by atoms with Crippen LogP contribution in [0.15, 0.2) is 47.7 Å². The van der Waals surface area contributed by atoms with Crippen molar-refractivity contribution in [2.24, 2.45) is 4.99 Å². The molecule has 0 saturated heterocycles. The zero-order valence-corrected chi connectivity index (χ0v) is 20.7. The third-order valence-corrected chi connectivity index (χ3v) is 4.80. The van der Waals surface area contributed by atoms with Crippen LogP contribution in [0.25, 0.3) is 11.0 Å². The van der Waals surface area contributed by atoms with E-state index in [1.54, 1.807) is 28.4 Å². The van der Waals surface area contributed by atoms with E-state index in [1.165, 1.54) is 0 Å². The lowest BCUT2D eigenvalue weighted by molar-refractivity contribution is 0.323. The summed E-state index contributed by atoms with van der Waals surface area (Å²) in [6, 6.07) is 12.0. The molecule has 0 aliphatic rings. The lowest BCUT2D eigenvalue weighted by Crippen LogP contribution is -2.37. The first-order chi connectivity index (χ1) is 14.7. The Morgan fingerprint density at radius 2 is 1.74 bits per heavy atom. The van der Waals surface area contributed by atoms with Gasteiger partial charge in [-0.25, -0.2) is 4.98 Å². The molecule has 31 heavy (non-hydrogen) atoms. The fourth-order valence-corrected chi connectivity index (χ4v) is 3.29. The van der Waals surface area contributed by atoms with E-state index in [0.717, 1.165) is 42.1 Å². The van der Waals surface area contributed by atoms with Crippen LogP contribution < -0.4 is 24.8 Å². The van der Waals surface area contributed by atoms with Gasteiger partial charge in [0.2, 0.25) is 5.75 Å². The third kappa shape index (κ3) is 6.16. The molecule has 0 amide bonds. The Labute approximate surface area is 200 Å². The smallest absolute Gasteiger partial charge is 0.203 e. The summed E-state index contributed by atoms with van der Waals surface area (Å²) < 4.78 is 18.4. The summed E-state index contributed by atoms with van der Waals surface area (Å²) in [6.45, 7) is 2.25. The average Bonchev–Trinajstić information content (AvgIpc) is 3.20. The fraction of sp³-hybridized carbons (Fsp3) is 0.364. The zero-order chi connectivity index (χ0) is 21.3. The molecule has 0 saturated carbocycles. The predicted octanol–water partition coefficient (Wildman–Crippen LogP) is 3.44. The van der Waals surface area contributed by atoms with Crippen LogP contribution in [0.2, 0.25) is 0 Å². The van der Waals surface area contributed by atoms with Gasteiger partial charge in [0, 0.05) is 26.7 Å². The summed E-state index contributed by atoms with van der Waals surface area (Å²) >= 11 is 0. The molecule has 0 bridgehead atoms. The molecular weight excluding hydrogens is 509 g/mol. The van der Waals surface area contributed by atoms with Crippen molar-refractivity contribution in [1.29, 1.82) is 0 Å². The largest absolute Gasteiger partial charge is 0.493 e. The van der Waals surface area contributed by atoms with E-state index in [0.29, 0.717) is 23.8 Å². The van der Waals surface area contributed by atoms with Crippen LogP contribution in [0.3, 0.4) is 0 Å². The van der Waals surface area contributed by atoms with Gasteiger partial charge in [0.1, 0.15) is 0 Å². The highest BCUT2D eigenvalue weighted by Gasteiger charge is 2.13. The van der Waals surface area contributed by atoms with Crippen molar-refractivity contribution in [1.82, 2.24) is 20.2 Å². The number of hydrogen-bond donors (Lipinski definition) is 2. The van der Waals surface area contributed by atoms with Gasteiger partial charge in [-0.3, -0.25) is 4.99 Å². The first kappa shape index (κ1) is 24.6. The Bertz CT molecular complexity index is 981. The van der Waals surface area contributed by atoms with Crippen LogP contribution in [0.5, 0.6) is 17.2 Å². The number of ether oxygens (including phenoxy) is 3. The molecule has 0 aliphatic carbocycles. The highest BCUT2D eigenvalue weighted by atomic mass is 127. The molecular formula is C22H30IN5O3. The van der Waals surface area contributed by atoms with Gasteiger partial charge in [0.05, 0.1) is 38.7 Å². The molecule has 0 spiro atoms. The van der Waals surface area contributed by atoms with Gasteiger partial charge in [-0.1, -0.05) is 12.1 Å². The highest BCUT2D eigenvalue weighted by molar-refractivity contribution is 14.0. The number of aryl methyl sites for hydroxylation is 1. The molecule has 0 fully saturated rings. The normalized spacial score (nSPS) is 11.0. The summed E-state index contributed by atoms with van der Waals surface area (Å²) in [4.78, 5) is 8.72. The maximum absolute atomic E-state index is 5.41. The molecule has 9 heteroatoms. The number of rotatable bonds is 9. The van der Waals surface area contributed by atoms with E-state index in [4.69, 9.17) is 14.2 Å². The van der Waals surface area contributed by atoms with Crippen LogP contribution in [-0.4, -0.2) is 50.4 Å². The lowest BCUT2D eigenvalue weighted by atomic mass is 10.2. The molecule has 0 unspecified atom stereocenters. The molecule has 3 aromatic rings. The minimum Gasteiger partial charge on any atom is -0.493 e. The lowest BCUT2D eigenvalue weighted by Gasteiger charge is -2.16. The van der Waals surface area contributed by atoms with Crippen LogP contribution in [0.4, 0.5) is 0 Å². The molecule has 0 radical (unpaired) electrons. The van der Waals surface area contributed by atoms with Crippen molar-refractivity contribution in [2.45, 2.75) is 19.5 Å². The van der Waals surface area contributed by atoms with Crippen molar-refractivity contribution >= 4 is 41.0 Å². The maximum Gasteiger partial charge on any atom is 0.203 e. The highest BCUT2D eigenvalue weighted by Crippen LogP contribution is 2.38. The molecule has 3 rings (SSSR count). The second kappa shape index (κ2) is 12.2. The first-order valence-electron chi connectivity index (χ1n) is 9.83. The van der Waals surface area contributed by atoms with Gasteiger partial charge in [-0.05, 0) is 36.2 Å². The van der Waals surface area contributed by atoms with E-state index < -0.39 is 0 Å². The molecule has 8 nitrogen and oxygen atoms in total. The number of nitrogens with one attached hydrogen (secondary N) is 2. The van der Waals surface area contributed by atoms with Gasteiger partial charge in [0.25, 0.3) is 0 Å². The minimum atomic E-state index is 0. The zero-order valence-electron chi connectivity index (χ0n) is 18.3. The van der Waals surface area contributed by atoms with Crippen LogP contribution >= 0.6 is 24.0 Å². The number of aliphatic imine (C=N–C) groups is 1. The predicted molar refractivity (Wildman–Crippen MR) is 134 cm³/mol. The van der Waals surface area contributed by atoms with E-state index in [9.17, 15) is 0 Å². The van der Waals surface area contributed by atoms with E-state index in [1.807, 2.05) is 36.7 Å². The Balaban J connectivity index is 0.00000341. The van der Waals surface area contributed by atoms with Crippen LogP contribution in [-0.2, 0) is 13.1 Å². The van der Waals surface area contributed by atoms with Crippen molar-refractivity contribution < 1.29 is 14.2 Å². The summed E-state index contributed by atoms with van der Waals surface area (Å²) in [5.41, 5.74) is 3.17. The molecule has 2 aromatic carbocycles. The number of imidazole rings is 1. The monoisotopic (exact) mass is 539 g/mol. The number of nitrogens with zero attached hydrogens (tertiary/aromatic N) is 3. The number of fused-ring (bicyclic) bond motifs is 1. The van der Waals surface area contributed by atoms with Crippen molar-refractivity contribution in [3.05, 3.63) is 48.3 Å². The standard InChI is InChI=1S/C22H29N5O3.HI/c1-23-22(24-10-7-11-27-15-26-17-8-5-6-9-18(17)27)25-14-16-12-19(28-2)21(30-4)20(13-16)29-3;/h5-6,8-9,12-13,15H,7,10-11,14H2,1-4H3,(H2,23,24,25);1H. The van der Waals surface area contributed by atoms with Gasteiger partial charge in [-0.2, -0.15) is 0 Å². The first-order valence-corrected chi connectivity index (χ1v) is 9.83. The number of methoxy groups -OCH3 is 3. The van der Waals surface area contributed by atoms with Crippen molar-refractivity contribution in [3.63, 3.8) is 0 Å². The maximum atomic E-state index is 5.41. The van der Waals surface area contributed by atoms with Gasteiger partial charge in [-0.15, -0.1) is 24.0 Å². The van der Waals surface area contributed by atoms with Gasteiger partial charge < -0.3 is 29.4 Å². The number of benzene rings is 2. The number of aromatic nitrogens is 2. The molecule has 2 N–H and O–H groups in total. The molecule has 1 heterocycles. The number of para-hydroxylation sites is 2. The molecule has 1 aromatic heterocycles. The van der Waals surface area contributed by atoms with E-state index >= 15 is 0 Å². The Kier molecular flexibility index (Phi) is 9.70. The Hall–Kier alpha value is -2.69. The summed E-state index contributed by atoms with van der Waals surface area (Å²) in [6.07, 6.45) is 2.84. The Morgan fingerprint density at radius 1 is 1.03 bits per heavy atom. The van der Waals surface area contributed by atoms with Crippen molar-refractivity contribution in [2.75, 3.05) is 34.9 Å². The fourth-order valence-electron chi connectivity index (χ4n) is 3.29. The minimum absolute atomic E-state index is 0. The van der Waals surface area contributed by atoms with E-state index in [2.05, 4.69) is 31.2 Å². The number of hydrogen-bond acceptors (Lipinski definition) is 5. The molecule has 0 aliphatic heterocycles. The molecule has 0 atom stereocenters. The quantitative estimate of drug-likeness (QED) is 0.188. The van der Waals surface area contributed by atoms with Crippen molar-refractivity contribution in [3.8, 4) is 17.2 Å². The number of halogens is 1. The second-order valence-electron chi connectivity index (χ2n) is 6.67. The van der Waals surface area contributed by atoms with Crippen LogP contribution in [0.1, 0.15) is 12.0 Å².